The van der Waals surface area contributed by atoms with Crippen LogP contribution in [0.2, 0.25) is 10.0 Å². The lowest BCUT2D eigenvalue weighted by Crippen LogP contribution is -2.24. The van der Waals surface area contributed by atoms with Crippen LogP contribution in [0, 0.1) is 0 Å². The van der Waals surface area contributed by atoms with Gasteiger partial charge in [0, 0.05) is 30.7 Å². The first-order chi connectivity index (χ1) is 9.15. The molecule has 0 aliphatic rings. The number of nitrogens with zero attached hydrogens (tertiary/aromatic N) is 2. The standard InChI is InChI=1S/C13H13Cl2N3O/c14-11-8-17-18(9-11)6-5-13(19)16-7-10-3-1-2-4-12(10)15/h1-4,8-9H,5-7H2,(H,16,19). The molecule has 2 aromatic rings. The smallest absolute Gasteiger partial charge is 0.222 e. The summed E-state index contributed by atoms with van der Waals surface area (Å²) in [6.07, 6.45) is 3.58. The molecule has 0 aliphatic heterocycles. The maximum atomic E-state index is 11.7. The van der Waals surface area contributed by atoms with Gasteiger partial charge < -0.3 is 5.32 Å². The van der Waals surface area contributed by atoms with Gasteiger partial charge in [0.25, 0.3) is 0 Å². The van der Waals surface area contributed by atoms with Crippen molar-refractivity contribution in [3.63, 3.8) is 0 Å². The van der Waals surface area contributed by atoms with Crippen LogP contribution in [-0.2, 0) is 17.9 Å². The number of carbonyl (C=O) groups excluding carboxylic acids is 1. The number of hydrogen-bond acceptors (Lipinski definition) is 2. The van der Waals surface area contributed by atoms with Crippen LogP contribution < -0.4 is 5.32 Å². The molecule has 0 atom stereocenters. The van der Waals surface area contributed by atoms with Crippen molar-refractivity contribution in [2.24, 2.45) is 0 Å². The van der Waals surface area contributed by atoms with E-state index < -0.39 is 0 Å². The van der Waals surface area contributed by atoms with Crippen molar-refractivity contribution in [3.8, 4) is 0 Å². The van der Waals surface area contributed by atoms with Gasteiger partial charge in [-0.05, 0) is 11.6 Å². The summed E-state index contributed by atoms with van der Waals surface area (Å²) >= 11 is 11.7. The lowest BCUT2D eigenvalue weighted by molar-refractivity contribution is -0.121. The second-order valence-electron chi connectivity index (χ2n) is 4.04. The molecule has 1 amide bonds. The van der Waals surface area contributed by atoms with Gasteiger partial charge in [0.1, 0.15) is 0 Å². The van der Waals surface area contributed by atoms with Crippen molar-refractivity contribution in [1.82, 2.24) is 15.1 Å². The molecular weight excluding hydrogens is 285 g/mol. The highest BCUT2D eigenvalue weighted by Crippen LogP contribution is 2.14. The number of nitrogens with one attached hydrogen (secondary N) is 1. The molecule has 1 heterocycles. The first kappa shape index (κ1) is 13.9. The van der Waals surface area contributed by atoms with E-state index in [0.717, 1.165) is 5.56 Å². The van der Waals surface area contributed by atoms with Gasteiger partial charge in [0.2, 0.25) is 5.91 Å². The number of halogens is 2. The molecule has 100 valence electrons. The first-order valence-electron chi connectivity index (χ1n) is 5.83. The van der Waals surface area contributed by atoms with Crippen LogP contribution in [0.5, 0.6) is 0 Å². The molecule has 0 aliphatic carbocycles. The van der Waals surface area contributed by atoms with Crippen LogP contribution in [-0.4, -0.2) is 15.7 Å². The van der Waals surface area contributed by atoms with E-state index >= 15 is 0 Å². The molecule has 1 aromatic heterocycles. The minimum Gasteiger partial charge on any atom is -0.352 e. The fourth-order valence-corrected chi connectivity index (χ4v) is 1.96. The Kier molecular flexibility index (Phi) is 4.82. The molecule has 0 saturated heterocycles. The molecule has 19 heavy (non-hydrogen) atoms. The third-order valence-electron chi connectivity index (χ3n) is 2.60. The highest BCUT2D eigenvalue weighted by atomic mass is 35.5. The zero-order valence-corrected chi connectivity index (χ0v) is 11.7. The second-order valence-corrected chi connectivity index (χ2v) is 4.88. The fourth-order valence-electron chi connectivity index (χ4n) is 1.60. The van der Waals surface area contributed by atoms with Crippen molar-refractivity contribution in [2.75, 3.05) is 0 Å². The minimum absolute atomic E-state index is 0.0495. The lowest BCUT2D eigenvalue weighted by atomic mass is 10.2. The average molecular weight is 298 g/mol. The van der Waals surface area contributed by atoms with E-state index in [1.807, 2.05) is 18.2 Å². The highest BCUT2D eigenvalue weighted by Gasteiger charge is 2.04. The Morgan fingerprint density at radius 3 is 2.79 bits per heavy atom. The molecule has 0 unspecified atom stereocenters. The minimum atomic E-state index is -0.0495. The number of amides is 1. The Hall–Kier alpha value is -1.52. The zero-order chi connectivity index (χ0) is 13.7. The van der Waals surface area contributed by atoms with Gasteiger partial charge >= 0.3 is 0 Å². The molecule has 0 bridgehead atoms. The number of aryl methyl sites for hydroxylation is 1. The maximum absolute atomic E-state index is 11.7. The number of aromatic nitrogens is 2. The SMILES string of the molecule is O=C(CCn1cc(Cl)cn1)NCc1ccccc1Cl. The summed E-state index contributed by atoms with van der Waals surface area (Å²) in [5, 5.41) is 8.04. The van der Waals surface area contributed by atoms with E-state index in [2.05, 4.69) is 10.4 Å². The largest absolute Gasteiger partial charge is 0.352 e. The monoisotopic (exact) mass is 297 g/mol. The highest BCUT2D eigenvalue weighted by molar-refractivity contribution is 6.31. The molecule has 4 nitrogen and oxygen atoms in total. The van der Waals surface area contributed by atoms with Crippen molar-refractivity contribution in [2.45, 2.75) is 19.5 Å². The van der Waals surface area contributed by atoms with Gasteiger partial charge in [-0.25, -0.2) is 0 Å². The van der Waals surface area contributed by atoms with Crippen LogP contribution >= 0.6 is 23.2 Å². The summed E-state index contributed by atoms with van der Waals surface area (Å²) in [6.45, 7) is 0.930. The molecular formula is C13H13Cl2N3O. The van der Waals surface area contributed by atoms with Crippen LogP contribution in [0.1, 0.15) is 12.0 Å². The van der Waals surface area contributed by atoms with Crippen LogP contribution in [0.3, 0.4) is 0 Å². The lowest BCUT2D eigenvalue weighted by Gasteiger charge is -2.07. The van der Waals surface area contributed by atoms with Gasteiger partial charge in [0.05, 0.1) is 11.2 Å². The number of benzene rings is 1. The van der Waals surface area contributed by atoms with Crippen molar-refractivity contribution < 1.29 is 4.79 Å². The van der Waals surface area contributed by atoms with E-state index in [9.17, 15) is 4.79 Å². The quantitative estimate of drug-likeness (QED) is 0.922. The summed E-state index contributed by atoms with van der Waals surface area (Å²) in [7, 11) is 0. The van der Waals surface area contributed by atoms with E-state index in [-0.39, 0.29) is 5.91 Å². The van der Waals surface area contributed by atoms with Crippen molar-refractivity contribution >= 4 is 29.1 Å². The summed E-state index contributed by atoms with van der Waals surface area (Å²) < 4.78 is 1.64. The predicted octanol–water partition coefficient (Wildman–Crippen LogP) is 2.90. The summed E-state index contributed by atoms with van der Waals surface area (Å²) in [6, 6.07) is 7.43. The van der Waals surface area contributed by atoms with E-state index in [1.165, 1.54) is 0 Å². The van der Waals surface area contributed by atoms with Gasteiger partial charge in [-0.2, -0.15) is 5.10 Å². The number of carbonyl (C=O) groups is 1. The van der Waals surface area contributed by atoms with Crippen LogP contribution in [0.15, 0.2) is 36.7 Å². The average Bonchev–Trinajstić information content (AvgIpc) is 2.81. The third kappa shape index (κ3) is 4.26. The summed E-state index contributed by atoms with van der Waals surface area (Å²) in [5.41, 5.74) is 0.902. The molecule has 1 N–H and O–H groups in total. The molecule has 6 heteroatoms. The Morgan fingerprint density at radius 1 is 1.32 bits per heavy atom. The molecule has 0 fully saturated rings. The van der Waals surface area contributed by atoms with Crippen molar-refractivity contribution in [3.05, 3.63) is 52.3 Å². The third-order valence-corrected chi connectivity index (χ3v) is 3.17. The molecule has 1 aromatic carbocycles. The van der Waals surface area contributed by atoms with Gasteiger partial charge in [0.15, 0.2) is 0 Å². The molecule has 2 rings (SSSR count). The molecule has 0 radical (unpaired) electrons. The number of rotatable bonds is 5. The predicted molar refractivity (Wildman–Crippen MR) is 75.2 cm³/mol. The van der Waals surface area contributed by atoms with Gasteiger partial charge in [-0.15, -0.1) is 0 Å². The Bertz CT molecular complexity index is 569. The molecule has 0 saturated carbocycles. The van der Waals surface area contributed by atoms with Crippen molar-refractivity contribution in [1.29, 1.82) is 0 Å². The Morgan fingerprint density at radius 2 is 2.11 bits per heavy atom. The fraction of sp³-hybridized carbons (Fsp3) is 0.231. The molecule has 0 spiro atoms. The maximum Gasteiger partial charge on any atom is 0.222 e. The summed E-state index contributed by atoms with van der Waals surface area (Å²) in [5.74, 6) is -0.0495. The Labute approximate surface area is 121 Å². The van der Waals surface area contributed by atoms with Gasteiger partial charge in [-0.1, -0.05) is 41.4 Å². The van der Waals surface area contributed by atoms with E-state index in [1.54, 1.807) is 23.1 Å². The normalized spacial score (nSPS) is 10.4. The summed E-state index contributed by atoms with van der Waals surface area (Å²) in [4.78, 5) is 11.7. The number of hydrogen-bond donors (Lipinski definition) is 1. The Balaban J connectivity index is 1.77. The first-order valence-corrected chi connectivity index (χ1v) is 6.59. The zero-order valence-electron chi connectivity index (χ0n) is 10.1. The van der Waals surface area contributed by atoms with Gasteiger partial charge in [-0.3, -0.25) is 9.48 Å². The second kappa shape index (κ2) is 6.59. The van der Waals surface area contributed by atoms with E-state index in [0.29, 0.717) is 29.6 Å². The van der Waals surface area contributed by atoms with Crippen LogP contribution in [0.25, 0.3) is 0 Å². The van der Waals surface area contributed by atoms with E-state index in [4.69, 9.17) is 23.2 Å². The van der Waals surface area contributed by atoms with Crippen LogP contribution in [0.4, 0.5) is 0 Å². The topological polar surface area (TPSA) is 46.9 Å².